The van der Waals surface area contributed by atoms with E-state index in [1.807, 2.05) is 0 Å². The van der Waals surface area contributed by atoms with Crippen LogP contribution in [-0.4, -0.2) is 55.0 Å². The summed E-state index contributed by atoms with van der Waals surface area (Å²) >= 11 is 0. The van der Waals surface area contributed by atoms with Gasteiger partial charge in [-0.3, -0.25) is 4.79 Å². The van der Waals surface area contributed by atoms with Crippen molar-refractivity contribution >= 4 is 11.6 Å². The van der Waals surface area contributed by atoms with Crippen LogP contribution in [0.3, 0.4) is 0 Å². The summed E-state index contributed by atoms with van der Waals surface area (Å²) in [6, 6.07) is 0.415. The van der Waals surface area contributed by atoms with Crippen molar-refractivity contribution in [2.24, 2.45) is 0 Å². The number of carbonyl (C=O) groups excluding carboxylic acids is 1. The highest BCUT2D eigenvalue weighted by Gasteiger charge is 2.72. The molecule has 8 nitrogen and oxygen atoms in total. The van der Waals surface area contributed by atoms with Crippen LogP contribution in [0.1, 0.15) is 66.9 Å². The standard InChI is InChI=1S/C21H20F7N5O3/c22-17-7-18(8-17,9-17)33-5-3-1-2-4-19(35,21(26,27)28)16-32-31-14(36-16)13-11(29)6-10(20(23,24)25)12(30-13)15(33)34/h6,35H,1-5,7-9,29H2/t17?,18?,19-/m1/s1. The lowest BCUT2D eigenvalue weighted by Gasteiger charge is -2.69. The Bertz CT molecular complexity index is 1210. The minimum atomic E-state index is -5.21. The fraction of sp³-hybridized carbons (Fsp3) is 0.619. The number of pyridine rings is 1. The van der Waals surface area contributed by atoms with E-state index >= 15 is 0 Å². The van der Waals surface area contributed by atoms with Crippen molar-refractivity contribution in [3.8, 4) is 11.6 Å². The van der Waals surface area contributed by atoms with E-state index < -0.39 is 75.9 Å². The van der Waals surface area contributed by atoms with Crippen molar-refractivity contribution in [3.05, 3.63) is 23.2 Å². The summed E-state index contributed by atoms with van der Waals surface area (Å²) in [5.41, 5.74) is -4.13. The van der Waals surface area contributed by atoms with E-state index in [1.165, 1.54) is 0 Å². The molecular formula is C21H20F7N5O3. The van der Waals surface area contributed by atoms with E-state index in [0.29, 0.717) is 6.07 Å². The quantitative estimate of drug-likeness (QED) is 0.540. The van der Waals surface area contributed by atoms with Gasteiger partial charge in [0.15, 0.2) is 5.69 Å². The molecule has 3 saturated carbocycles. The number of carbonyl (C=O) groups is 1. The fourth-order valence-corrected chi connectivity index (χ4v) is 5.34. The van der Waals surface area contributed by atoms with Crippen LogP contribution in [0.4, 0.5) is 36.4 Å². The second-order valence-corrected chi connectivity index (χ2v) is 9.76. The van der Waals surface area contributed by atoms with Crippen LogP contribution in [0.2, 0.25) is 0 Å². The van der Waals surface area contributed by atoms with Crippen LogP contribution < -0.4 is 5.73 Å². The Balaban J connectivity index is 1.66. The lowest BCUT2D eigenvalue weighted by Crippen LogP contribution is -2.77. The Morgan fingerprint density at radius 1 is 1.03 bits per heavy atom. The van der Waals surface area contributed by atoms with Gasteiger partial charge in [0.2, 0.25) is 5.60 Å². The van der Waals surface area contributed by atoms with E-state index in [9.17, 15) is 40.6 Å². The topological polar surface area (TPSA) is 118 Å². The van der Waals surface area contributed by atoms with E-state index in [-0.39, 0.29) is 45.1 Å². The number of nitrogens with zero attached hydrogens (tertiary/aromatic N) is 4. The number of anilines is 1. The van der Waals surface area contributed by atoms with Gasteiger partial charge in [-0.1, -0.05) is 6.42 Å². The molecule has 3 fully saturated rings. The molecular weight excluding hydrogens is 503 g/mol. The van der Waals surface area contributed by atoms with Gasteiger partial charge in [-0.25, -0.2) is 9.37 Å². The van der Waals surface area contributed by atoms with Crippen LogP contribution in [0.15, 0.2) is 10.5 Å². The Morgan fingerprint density at radius 2 is 1.69 bits per heavy atom. The molecule has 6 rings (SSSR count). The molecule has 0 radical (unpaired) electrons. The Morgan fingerprint density at radius 3 is 2.28 bits per heavy atom. The van der Waals surface area contributed by atoms with Gasteiger partial charge in [0.1, 0.15) is 11.4 Å². The molecule has 1 aliphatic heterocycles. The van der Waals surface area contributed by atoms with Gasteiger partial charge in [0.25, 0.3) is 17.7 Å². The highest BCUT2D eigenvalue weighted by molar-refractivity contribution is 5.96. The first-order valence-corrected chi connectivity index (χ1v) is 11.1. The number of alkyl halides is 7. The van der Waals surface area contributed by atoms with Crippen LogP contribution in [-0.2, 0) is 11.8 Å². The molecule has 0 unspecified atom stereocenters. The van der Waals surface area contributed by atoms with Gasteiger partial charge in [0.05, 0.1) is 16.8 Å². The predicted molar refractivity (Wildman–Crippen MR) is 107 cm³/mol. The molecule has 3 aliphatic carbocycles. The van der Waals surface area contributed by atoms with E-state index in [1.54, 1.807) is 0 Å². The molecule has 1 amide bonds. The largest absolute Gasteiger partial charge is 0.426 e. The van der Waals surface area contributed by atoms with Crippen LogP contribution in [0.25, 0.3) is 11.6 Å². The Hall–Kier alpha value is -2.97. The number of rotatable bonds is 1. The summed E-state index contributed by atoms with van der Waals surface area (Å²) in [5.74, 6) is -3.13. The van der Waals surface area contributed by atoms with Gasteiger partial charge >= 0.3 is 12.4 Å². The highest BCUT2D eigenvalue weighted by Crippen LogP contribution is 2.66. The van der Waals surface area contributed by atoms with Crippen molar-refractivity contribution in [1.29, 1.82) is 0 Å². The van der Waals surface area contributed by atoms with Crippen LogP contribution >= 0.6 is 0 Å². The Labute approximate surface area is 198 Å². The SMILES string of the molecule is Nc1cc(C(F)(F)F)c2nc1-c1nnc(o1)[C@@](O)(C(F)(F)F)CCCCCN(C13CC(F)(C1)C3)C2=O. The van der Waals surface area contributed by atoms with E-state index in [2.05, 4.69) is 15.2 Å². The van der Waals surface area contributed by atoms with Crippen molar-refractivity contribution in [2.45, 2.75) is 74.1 Å². The van der Waals surface area contributed by atoms with Crippen LogP contribution in [0, 0.1) is 0 Å². The third-order valence-electron chi connectivity index (χ3n) is 7.19. The maximum Gasteiger partial charge on any atom is 0.426 e. The molecule has 1 atom stereocenters. The summed E-state index contributed by atoms with van der Waals surface area (Å²) in [7, 11) is 0. The number of aromatic nitrogens is 3. The third kappa shape index (κ3) is 3.61. The summed E-state index contributed by atoms with van der Waals surface area (Å²) in [5, 5.41) is 17.1. The summed E-state index contributed by atoms with van der Waals surface area (Å²) in [6.45, 7) is -0.129. The number of halogens is 7. The third-order valence-corrected chi connectivity index (χ3v) is 7.19. The molecule has 3 N–H and O–H groups in total. The molecule has 15 heteroatoms. The highest BCUT2D eigenvalue weighted by atomic mass is 19.4. The molecule has 0 saturated heterocycles. The van der Waals surface area contributed by atoms with E-state index in [4.69, 9.17) is 10.2 Å². The first kappa shape index (κ1) is 24.7. The minimum Gasteiger partial charge on any atom is -0.416 e. The maximum atomic E-state index is 14.2. The van der Waals surface area contributed by atoms with Gasteiger partial charge in [-0.2, -0.15) is 26.3 Å². The molecule has 0 spiro atoms. The van der Waals surface area contributed by atoms with Crippen molar-refractivity contribution < 1.29 is 45.1 Å². The van der Waals surface area contributed by atoms with Crippen molar-refractivity contribution in [1.82, 2.24) is 20.1 Å². The minimum absolute atomic E-state index is 0.0459. The molecule has 36 heavy (non-hydrogen) atoms. The predicted octanol–water partition coefficient (Wildman–Crippen LogP) is 4.14. The van der Waals surface area contributed by atoms with Crippen LogP contribution in [0.5, 0.6) is 0 Å². The Kier molecular flexibility index (Phi) is 5.16. The summed E-state index contributed by atoms with van der Waals surface area (Å²) in [4.78, 5) is 18.3. The number of aliphatic hydroxyl groups is 1. The van der Waals surface area contributed by atoms with Gasteiger partial charge in [-0.15, -0.1) is 10.2 Å². The molecule has 0 aromatic carbocycles. The molecule has 2 aromatic rings. The van der Waals surface area contributed by atoms with Crippen molar-refractivity contribution in [2.75, 3.05) is 12.3 Å². The lowest BCUT2D eigenvalue weighted by atomic mass is 9.46. The number of nitrogen functional groups attached to an aromatic ring is 1. The molecule has 3 heterocycles. The number of amides is 1. The maximum absolute atomic E-state index is 14.2. The first-order valence-electron chi connectivity index (χ1n) is 11.1. The van der Waals surface area contributed by atoms with Gasteiger partial charge in [0, 0.05) is 25.8 Å². The zero-order chi connectivity index (χ0) is 26.3. The number of nitrogens with two attached hydrogens (primary N) is 1. The first-order chi connectivity index (χ1) is 16.6. The average molecular weight is 523 g/mol. The lowest BCUT2D eigenvalue weighted by molar-refractivity contribution is -0.277. The fourth-order valence-electron chi connectivity index (χ4n) is 5.34. The average Bonchev–Trinajstić information content (AvgIpc) is 3.21. The second kappa shape index (κ2) is 7.52. The monoisotopic (exact) mass is 523 g/mol. The molecule has 2 aromatic heterocycles. The number of hydrogen-bond acceptors (Lipinski definition) is 7. The summed E-state index contributed by atoms with van der Waals surface area (Å²) < 4.78 is 102. The van der Waals surface area contributed by atoms with Gasteiger partial charge < -0.3 is 20.2 Å². The molecule has 6 bridgehead atoms. The van der Waals surface area contributed by atoms with Gasteiger partial charge in [-0.05, 0) is 25.3 Å². The molecule has 4 aliphatic rings. The number of fused-ring (bicyclic) bond motifs is 5. The van der Waals surface area contributed by atoms with Crippen molar-refractivity contribution in [3.63, 3.8) is 0 Å². The zero-order valence-corrected chi connectivity index (χ0v) is 18.5. The molecule has 196 valence electrons. The second-order valence-electron chi connectivity index (χ2n) is 9.76. The zero-order valence-electron chi connectivity index (χ0n) is 18.5. The van der Waals surface area contributed by atoms with E-state index in [0.717, 1.165) is 4.90 Å². The summed E-state index contributed by atoms with van der Waals surface area (Å²) in [6.07, 6.45) is -11.3. The normalized spacial score (nSPS) is 30.9. The smallest absolute Gasteiger partial charge is 0.416 e. The number of hydrogen-bond donors (Lipinski definition) is 2.